The molecule has 27 heavy (non-hydrogen) atoms. The van der Waals surface area contributed by atoms with Gasteiger partial charge in [-0.3, -0.25) is 4.79 Å². The molecule has 2 aliphatic heterocycles. The number of rotatable bonds is 4. The quantitative estimate of drug-likeness (QED) is 0.901. The third kappa shape index (κ3) is 3.87. The van der Waals surface area contributed by atoms with Gasteiger partial charge >= 0.3 is 0 Å². The molecule has 1 amide bonds. The highest BCUT2D eigenvalue weighted by Crippen LogP contribution is 2.34. The smallest absolute Gasteiger partial charge is 0.251 e. The van der Waals surface area contributed by atoms with E-state index in [-0.39, 0.29) is 11.9 Å². The molecule has 1 atom stereocenters. The molecule has 5 nitrogen and oxygen atoms in total. The van der Waals surface area contributed by atoms with E-state index in [1.54, 1.807) is 7.11 Å². The number of carbonyl (C=O) groups is 1. The van der Waals surface area contributed by atoms with Crippen LogP contribution in [0.4, 0.5) is 5.69 Å². The van der Waals surface area contributed by atoms with Crippen LogP contribution in [0, 0.1) is 0 Å². The second-order valence-electron chi connectivity index (χ2n) is 7.23. The van der Waals surface area contributed by atoms with E-state index in [1.807, 2.05) is 30.3 Å². The summed E-state index contributed by atoms with van der Waals surface area (Å²) in [5, 5.41) is 3.09. The summed E-state index contributed by atoms with van der Waals surface area (Å²) < 4.78 is 11.2. The Hall–Kier alpha value is -2.69. The number of carbonyl (C=O) groups excluding carboxylic acids is 1. The standard InChI is InChI=1S/C22H26N2O3/c1-26-20-7-5-6-17-14-18(15-27-21(17)20)23-22(25)16-8-10-19(11-9-16)24-12-3-2-4-13-24/h5-11,18H,2-4,12-15H2,1H3,(H,23,25). The summed E-state index contributed by atoms with van der Waals surface area (Å²) in [6.07, 6.45) is 4.55. The second-order valence-corrected chi connectivity index (χ2v) is 7.23. The first-order chi connectivity index (χ1) is 13.2. The average Bonchev–Trinajstić information content (AvgIpc) is 2.74. The molecule has 0 spiro atoms. The number of hydrogen-bond acceptors (Lipinski definition) is 4. The lowest BCUT2D eigenvalue weighted by atomic mass is 10.0. The lowest BCUT2D eigenvalue weighted by molar-refractivity contribution is 0.0914. The van der Waals surface area contributed by atoms with E-state index in [9.17, 15) is 4.79 Å². The number of amides is 1. The molecular weight excluding hydrogens is 340 g/mol. The first-order valence-corrected chi connectivity index (χ1v) is 9.69. The Bertz CT molecular complexity index is 798. The number of anilines is 1. The van der Waals surface area contributed by atoms with Crippen molar-refractivity contribution in [1.82, 2.24) is 5.32 Å². The lowest BCUT2D eigenvalue weighted by Crippen LogP contribution is -2.42. The largest absolute Gasteiger partial charge is 0.493 e. The summed E-state index contributed by atoms with van der Waals surface area (Å²) in [6, 6.07) is 13.8. The maximum Gasteiger partial charge on any atom is 0.251 e. The minimum atomic E-state index is -0.0554. The SMILES string of the molecule is COc1cccc2c1OCC(NC(=O)c1ccc(N3CCCCC3)cc1)C2. The summed E-state index contributed by atoms with van der Waals surface area (Å²) in [7, 11) is 1.64. The van der Waals surface area contributed by atoms with Gasteiger partial charge in [0.1, 0.15) is 6.61 Å². The zero-order valence-electron chi connectivity index (χ0n) is 15.7. The maximum atomic E-state index is 12.6. The van der Waals surface area contributed by atoms with Gasteiger partial charge in [-0.05, 0) is 56.0 Å². The van der Waals surface area contributed by atoms with Gasteiger partial charge in [-0.1, -0.05) is 12.1 Å². The van der Waals surface area contributed by atoms with Crippen molar-refractivity contribution in [1.29, 1.82) is 0 Å². The van der Waals surface area contributed by atoms with Crippen LogP contribution in [0.5, 0.6) is 11.5 Å². The maximum absolute atomic E-state index is 12.6. The van der Waals surface area contributed by atoms with Gasteiger partial charge in [0, 0.05) is 29.9 Å². The number of fused-ring (bicyclic) bond motifs is 1. The highest BCUT2D eigenvalue weighted by Gasteiger charge is 2.24. The van der Waals surface area contributed by atoms with Crippen LogP contribution in [-0.4, -0.2) is 38.8 Å². The normalized spacial score (nSPS) is 19.0. The van der Waals surface area contributed by atoms with Crippen molar-refractivity contribution in [3.8, 4) is 11.5 Å². The third-order valence-electron chi connectivity index (χ3n) is 5.36. The molecule has 0 aliphatic carbocycles. The molecule has 1 N–H and O–H groups in total. The molecule has 4 rings (SSSR count). The van der Waals surface area contributed by atoms with Crippen LogP contribution in [0.1, 0.15) is 35.2 Å². The van der Waals surface area contributed by atoms with Gasteiger partial charge in [0.2, 0.25) is 0 Å². The van der Waals surface area contributed by atoms with Crippen LogP contribution in [0.25, 0.3) is 0 Å². The summed E-state index contributed by atoms with van der Waals surface area (Å²) in [6.45, 7) is 2.66. The van der Waals surface area contributed by atoms with Gasteiger partial charge in [0.25, 0.3) is 5.91 Å². The Morgan fingerprint density at radius 1 is 1.11 bits per heavy atom. The van der Waals surface area contributed by atoms with Gasteiger partial charge in [-0.15, -0.1) is 0 Å². The number of hydrogen-bond donors (Lipinski definition) is 1. The monoisotopic (exact) mass is 366 g/mol. The number of benzene rings is 2. The number of piperidine rings is 1. The Labute approximate surface area is 160 Å². The fraction of sp³-hybridized carbons (Fsp3) is 0.409. The molecule has 1 saturated heterocycles. The van der Waals surface area contributed by atoms with E-state index in [4.69, 9.17) is 9.47 Å². The van der Waals surface area contributed by atoms with Gasteiger partial charge in [0.15, 0.2) is 11.5 Å². The minimum absolute atomic E-state index is 0.0427. The Morgan fingerprint density at radius 3 is 2.63 bits per heavy atom. The van der Waals surface area contributed by atoms with Crippen LogP contribution >= 0.6 is 0 Å². The highest BCUT2D eigenvalue weighted by atomic mass is 16.5. The fourth-order valence-electron chi connectivity index (χ4n) is 3.89. The van der Waals surface area contributed by atoms with Crippen molar-refractivity contribution in [2.75, 3.05) is 31.7 Å². The highest BCUT2D eigenvalue weighted by molar-refractivity contribution is 5.94. The zero-order chi connectivity index (χ0) is 18.6. The first-order valence-electron chi connectivity index (χ1n) is 9.69. The van der Waals surface area contributed by atoms with Crippen molar-refractivity contribution in [3.63, 3.8) is 0 Å². The Morgan fingerprint density at radius 2 is 1.89 bits per heavy atom. The van der Waals surface area contributed by atoms with E-state index in [2.05, 4.69) is 22.3 Å². The molecule has 0 bridgehead atoms. The van der Waals surface area contributed by atoms with Crippen LogP contribution in [0.2, 0.25) is 0 Å². The zero-order valence-corrected chi connectivity index (χ0v) is 15.7. The van der Waals surface area contributed by atoms with Crippen molar-refractivity contribution >= 4 is 11.6 Å². The molecule has 0 saturated carbocycles. The predicted molar refractivity (Wildman–Crippen MR) is 106 cm³/mol. The van der Waals surface area contributed by atoms with Crippen molar-refractivity contribution in [3.05, 3.63) is 53.6 Å². The van der Waals surface area contributed by atoms with E-state index in [1.165, 1.54) is 24.9 Å². The van der Waals surface area contributed by atoms with E-state index in [0.717, 1.165) is 36.6 Å². The summed E-state index contributed by atoms with van der Waals surface area (Å²) in [5.74, 6) is 1.47. The molecule has 1 fully saturated rings. The molecule has 2 aromatic rings. The number of methoxy groups -OCH3 is 1. The first kappa shape index (κ1) is 17.7. The van der Waals surface area contributed by atoms with Crippen LogP contribution in [0.15, 0.2) is 42.5 Å². The third-order valence-corrected chi connectivity index (χ3v) is 5.36. The Kier molecular flexibility index (Phi) is 5.19. The van der Waals surface area contributed by atoms with E-state index in [0.29, 0.717) is 12.2 Å². The van der Waals surface area contributed by atoms with E-state index < -0.39 is 0 Å². The molecule has 5 heteroatoms. The average molecular weight is 366 g/mol. The topological polar surface area (TPSA) is 50.8 Å². The van der Waals surface area contributed by atoms with Gasteiger partial charge in [-0.2, -0.15) is 0 Å². The number of para-hydroxylation sites is 1. The van der Waals surface area contributed by atoms with Crippen molar-refractivity contribution in [2.45, 2.75) is 31.7 Å². The van der Waals surface area contributed by atoms with Crippen molar-refractivity contribution in [2.24, 2.45) is 0 Å². The Balaban J connectivity index is 1.39. The second kappa shape index (κ2) is 7.91. The fourth-order valence-corrected chi connectivity index (χ4v) is 3.89. The number of nitrogens with zero attached hydrogens (tertiary/aromatic N) is 1. The van der Waals surface area contributed by atoms with Crippen LogP contribution < -0.4 is 19.7 Å². The summed E-state index contributed by atoms with van der Waals surface area (Å²) in [5.41, 5.74) is 2.95. The predicted octanol–water partition coefficient (Wildman–Crippen LogP) is 3.42. The molecule has 2 aliphatic rings. The van der Waals surface area contributed by atoms with Gasteiger partial charge < -0.3 is 19.7 Å². The summed E-state index contributed by atoms with van der Waals surface area (Å²) in [4.78, 5) is 15.0. The van der Waals surface area contributed by atoms with Crippen LogP contribution in [0.3, 0.4) is 0 Å². The molecule has 0 aromatic heterocycles. The molecule has 1 unspecified atom stereocenters. The van der Waals surface area contributed by atoms with E-state index >= 15 is 0 Å². The molecular formula is C22H26N2O3. The molecule has 0 radical (unpaired) electrons. The molecule has 2 heterocycles. The summed E-state index contributed by atoms with van der Waals surface area (Å²) >= 11 is 0. The van der Waals surface area contributed by atoms with Gasteiger partial charge in [0.05, 0.1) is 13.2 Å². The number of ether oxygens (including phenoxy) is 2. The minimum Gasteiger partial charge on any atom is -0.493 e. The van der Waals surface area contributed by atoms with Crippen molar-refractivity contribution < 1.29 is 14.3 Å². The van der Waals surface area contributed by atoms with Gasteiger partial charge in [-0.25, -0.2) is 0 Å². The molecule has 142 valence electrons. The molecule has 2 aromatic carbocycles. The lowest BCUT2D eigenvalue weighted by Gasteiger charge is -2.29. The van der Waals surface area contributed by atoms with Crippen LogP contribution in [-0.2, 0) is 6.42 Å². The number of nitrogens with one attached hydrogen (secondary N) is 1.